The summed E-state index contributed by atoms with van der Waals surface area (Å²) in [6, 6.07) is 7.05. The van der Waals surface area contributed by atoms with Crippen molar-refractivity contribution in [1.82, 2.24) is 14.9 Å². The Morgan fingerprint density at radius 1 is 1.26 bits per heavy atom. The number of rotatable bonds is 8. The highest BCUT2D eigenvalue weighted by atomic mass is 32.2. The van der Waals surface area contributed by atoms with Gasteiger partial charge in [-0.05, 0) is 18.9 Å². The Balaban J connectivity index is 2.23. The van der Waals surface area contributed by atoms with Gasteiger partial charge < -0.3 is 15.7 Å². The predicted molar refractivity (Wildman–Crippen MR) is 89.6 cm³/mol. The molecular formula is C15H25N3O4S. The lowest BCUT2D eigenvalue weighted by Gasteiger charge is -2.15. The van der Waals surface area contributed by atoms with E-state index in [0.29, 0.717) is 19.5 Å². The molecule has 1 atom stereocenters. The fraction of sp³-hybridized carbons (Fsp3) is 0.533. The van der Waals surface area contributed by atoms with Crippen LogP contribution in [-0.4, -0.2) is 56.8 Å². The lowest BCUT2D eigenvalue weighted by Crippen LogP contribution is -2.39. The molecule has 1 aromatic rings. The number of hydrogen-bond acceptors (Lipinski definition) is 4. The van der Waals surface area contributed by atoms with Crippen molar-refractivity contribution in [2.45, 2.75) is 19.4 Å². The SMILES string of the molecule is Cc1ccc(C(O)CNC(=O)NCCCN(C)S(C)(=O)=O)cc1. The van der Waals surface area contributed by atoms with Crippen molar-refractivity contribution < 1.29 is 18.3 Å². The van der Waals surface area contributed by atoms with Gasteiger partial charge in [-0.25, -0.2) is 17.5 Å². The summed E-state index contributed by atoms with van der Waals surface area (Å²) in [5, 5.41) is 15.2. The number of benzene rings is 1. The number of sulfonamides is 1. The minimum atomic E-state index is -3.19. The van der Waals surface area contributed by atoms with Gasteiger partial charge in [-0.15, -0.1) is 0 Å². The number of aliphatic hydroxyl groups excluding tert-OH is 1. The fourth-order valence-corrected chi connectivity index (χ4v) is 2.29. The van der Waals surface area contributed by atoms with E-state index in [1.54, 1.807) is 0 Å². The van der Waals surface area contributed by atoms with Gasteiger partial charge in [0.25, 0.3) is 0 Å². The Kier molecular flexibility index (Phi) is 7.47. The van der Waals surface area contributed by atoms with E-state index < -0.39 is 22.2 Å². The minimum Gasteiger partial charge on any atom is -0.387 e. The number of carbonyl (C=O) groups is 1. The fourth-order valence-electron chi connectivity index (χ4n) is 1.83. The average molecular weight is 343 g/mol. The van der Waals surface area contributed by atoms with Crippen LogP contribution in [0.4, 0.5) is 4.79 Å². The van der Waals surface area contributed by atoms with E-state index >= 15 is 0 Å². The van der Waals surface area contributed by atoms with E-state index in [4.69, 9.17) is 0 Å². The van der Waals surface area contributed by atoms with Crippen molar-refractivity contribution in [3.05, 3.63) is 35.4 Å². The van der Waals surface area contributed by atoms with E-state index in [2.05, 4.69) is 10.6 Å². The van der Waals surface area contributed by atoms with Crippen LogP contribution >= 0.6 is 0 Å². The van der Waals surface area contributed by atoms with Crippen molar-refractivity contribution in [2.24, 2.45) is 0 Å². The van der Waals surface area contributed by atoms with Crippen LogP contribution in [-0.2, 0) is 10.0 Å². The molecule has 130 valence electrons. The van der Waals surface area contributed by atoms with Crippen LogP contribution in [0.3, 0.4) is 0 Å². The third kappa shape index (κ3) is 7.45. The first-order valence-corrected chi connectivity index (χ1v) is 9.22. The molecule has 1 unspecified atom stereocenters. The number of nitrogens with zero attached hydrogens (tertiary/aromatic N) is 1. The number of carbonyl (C=O) groups excluding carboxylic acids is 1. The summed E-state index contributed by atoms with van der Waals surface area (Å²) in [5.41, 5.74) is 1.84. The second kappa shape index (κ2) is 8.85. The second-order valence-corrected chi connectivity index (χ2v) is 7.59. The highest BCUT2D eigenvalue weighted by molar-refractivity contribution is 7.88. The molecule has 0 aromatic heterocycles. The maximum atomic E-state index is 11.6. The van der Waals surface area contributed by atoms with Gasteiger partial charge in [-0.3, -0.25) is 0 Å². The lowest BCUT2D eigenvalue weighted by molar-refractivity contribution is 0.173. The van der Waals surface area contributed by atoms with Crippen molar-refractivity contribution in [3.8, 4) is 0 Å². The molecule has 0 aliphatic carbocycles. The van der Waals surface area contributed by atoms with Crippen LogP contribution in [0.2, 0.25) is 0 Å². The molecule has 1 rings (SSSR count). The van der Waals surface area contributed by atoms with Gasteiger partial charge in [0.1, 0.15) is 0 Å². The van der Waals surface area contributed by atoms with Crippen LogP contribution in [0, 0.1) is 6.92 Å². The highest BCUT2D eigenvalue weighted by Crippen LogP contribution is 2.12. The monoisotopic (exact) mass is 343 g/mol. The minimum absolute atomic E-state index is 0.109. The maximum absolute atomic E-state index is 11.6. The standard InChI is InChI=1S/C15H25N3O4S/c1-12-5-7-13(8-6-12)14(19)11-17-15(20)16-9-4-10-18(2)23(3,21)22/h5-8,14,19H,4,9-11H2,1-3H3,(H2,16,17,20). The molecule has 7 nitrogen and oxygen atoms in total. The van der Waals surface area contributed by atoms with E-state index in [1.807, 2.05) is 31.2 Å². The Labute approximate surface area is 137 Å². The van der Waals surface area contributed by atoms with Gasteiger partial charge in [-0.2, -0.15) is 0 Å². The van der Waals surface area contributed by atoms with Gasteiger partial charge in [0.05, 0.1) is 12.4 Å². The number of aryl methyl sites for hydroxylation is 1. The summed E-state index contributed by atoms with van der Waals surface area (Å²) in [7, 11) is -1.69. The van der Waals surface area contributed by atoms with E-state index in [-0.39, 0.29) is 6.54 Å². The highest BCUT2D eigenvalue weighted by Gasteiger charge is 2.11. The average Bonchev–Trinajstić information content (AvgIpc) is 2.48. The maximum Gasteiger partial charge on any atom is 0.314 e. The molecule has 23 heavy (non-hydrogen) atoms. The van der Waals surface area contributed by atoms with E-state index in [1.165, 1.54) is 11.4 Å². The van der Waals surface area contributed by atoms with Gasteiger partial charge in [0.2, 0.25) is 10.0 Å². The zero-order chi connectivity index (χ0) is 17.5. The summed E-state index contributed by atoms with van der Waals surface area (Å²) in [6.07, 6.45) is 0.884. The first kappa shape index (κ1) is 19.4. The number of urea groups is 1. The Morgan fingerprint density at radius 3 is 2.43 bits per heavy atom. The normalized spacial score (nSPS) is 12.9. The first-order chi connectivity index (χ1) is 10.7. The Bertz CT molecular complexity index is 602. The largest absolute Gasteiger partial charge is 0.387 e. The van der Waals surface area contributed by atoms with Crippen LogP contribution in [0.5, 0.6) is 0 Å². The van der Waals surface area contributed by atoms with Gasteiger partial charge in [0, 0.05) is 26.7 Å². The summed E-state index contributed by atoms with van der Waals surface area (Å²) >= 11 is 0. The third-order valence-corrected chi connectivity index (χ3v) is 4.73. The van der Waals surface area contributed by atoms with Gasteiger partial charge in [-0.1, -0.05) is 29.8 Å². The number of hydrogen-bond donors (Lipinski definition) is 3. The molecule has 0 fully saturated rings. The van der Waals surface area contributed by atoms with Crippen LogP contribution in [0.15, 0.2) is 24.3 Å². The molecule has 0 bridgehead atoms. The van der Waals surface area contributed by atoms with Crippen molar-refractivity contribution in [2.75, 3.05) is 32.9 Å². The zero-order valence-corrected chi connectivity index (χ0v) is 14.6. The molecule has 3 N–H and O–H groups in total. The molecule has 0 aliphatic rings. The zero-order valence-electron chi connectivity index (χ0n) is 13.7. The topological polar surface area (TPSA) is 98.7 Å². The number of amides is 2. The molecule has 0 saturated heterocycles. The second-order valence-electron chi connectivity index (χ2n) is 5.50. The van der Waals surface area contributed by atoms with E-state index in [0.717, 1.165) is 17.4 Å². The Hall–Kier alpha value is -1.64. The van der Waals surface area contributed by atoms with Gasteiger partial charge in [0.15, 0.2) is 0 Å². The van der Waals surface area contributed by atoms with Crippen molar-refractivity contribution in [1.29, 1.82) is 0 Å². The summed E-state index contributed by atoms with van der Waals surface area (Å²) < 4.78 is 23.6. The van der Waals surface area contributed by atoms with Crippen molar-refractivity contribution in [3.63, 3.8) is 0 Å². The number of aliphatic hydroxyl groups is 1. The lowest BCUT2D eigenvalue weighted by atomic mass is 10.1. The molecule has 0 saturated carbocycles. The van der Waals surface area contributed by atoms with Crippen LogP contribution < -0.4 is 10.6 Å². The molecule has 2 amide bonds. The predicted octanol–water partition coefficient (Wildman–Crippen LogP) is 0.609. The third-order valence-electron chi connectivity index (χ3n) is 3.42. The van der Waals surface area contributed by atoms with Crippen molar-refractivity contribution >= 4 is 16.1 Å². The summed E-state index contributed by atoms with van der Waals surface area (Å²) in [6.45, 7) is 2.76. The molecule has 1 aromatic carbocycles. The van der Waals surface area contributed by atoms with Crippen LogP contribution in [0.1, 0.15) is 23.7 Å². The molecular weight excluding hydrogens is 318 g/mol. The quantitative estimate of drug-likeness (QED) is 0.602. The molecule has 8 heteroatoms. The molecule has 0 radical (unpaired) electrons. The first-order valence-electron chi connectivity index (χ1n) is 7.38. The molecule has 0 heterocycles. The van der Waals surface area contributed by atoms with Crippen LogP contribution in [0.25, 0.3) is 0 Å². The molecule has 0 aliphatic heterocycles. The summed E-state index contributed by atoms with van der Waals surface area (Å²) in [4.78, 5) is 11.6. The van der Waals surface area contributed by atoms with Gasteiger partial charge >= 0.3 is 6.03 Å². The van der Waals surface area contributed by atoms with E-state index in [9.17, 15) is 18.3 Å². The number of nitrogens with one attached hydrogen (secondary N) is 2. The smallest absolute Gasteiger partial charge is 0.314 e. The Morgan fingerprint density at radius 2 is 1.87 bits per heavy atom. The molecule has 0 spiro atoms. The summed E-state index contributed by atoms with van der Waals surface area (Å²) in [5.74, 6) is 0.